The van der Waals surface area contributed by atoms with Crippen LogP contribution in [0, 0.1) is 0 Å². The van der Waals surface area contributed by atoms with Crippen molar-refractivity contribution < 1.29 is 0 Å². The molecule has 0 spiro atoms. The second-order valence-corrected chi connectivity index (χ2v) is 6.02. The van der Waals surface area contributed by atoms with Gasteiger partial charge in [-0.2, -0.15) is 0 Å². The molecule has 1 aromatic rings. The third-order valence-corrected chi connectivity index (χ3v) is 4.97. The lowest BCUT2D eigenvalue weighted by Crippen LogP contribution is -2.29. The Morgan fingerprint density at radius 3 is 2.94 bits per heavy atom. The molecule has 92 valence electrons. The first-order valence-corrected chi connectivity index (χ1v) is 7.89. The van der Waals surface area contributed by atoms with Crippen molar-refractivity contribution >= 4 is 15.9 Å². The van der Waals surface area contributed by atoms with Crippen LogP contribution in [0.5, 0.6) is 0 Å². The zero-order valence-corrected chi connectivity index (χ0v) is 11.9. The molecule has 3 rings (SSSR count). The number of hydrogen-bond acceptors (Lipinski definition) is 1. The summed E-state index contributed by atoms with van der Waals surface area (Å²) in [6.45, 7) is 2.41. The SMILES string of the molecule is BrCC1CCCN1Cc1ccc2c(c1)CCC2. The normalized spacial score (nSPS) is 24.2. The summed E-state index contributed by atoms with van der Waals surface area (Å²) in [5.41, 5.74) is 4.71. The van der Waals surface area contributed by atoms with E-state index in [2.05, 4.69) is 39.0 Å². The van der Waals surface area contributed by atoms with Crippen LogP contribution in [0.25, 0.3) is 0 Å². The third-order valence-electron chi connectivity index (χ3n) is 4.23. The van der Waals surface area contributed by atoms with E-state index in [4.69, 9.17) is 0 Å². The van der Waals surface area contributed by atoms with Gasteiger partial charge in [0, 0.05) is 17.9 Å². The number of nitrogens with zero attached hydrogens (tertiary/aromatic N) is 1. The Kier molecular flexibility index (Phi) is 3.53. The zero-order chi connectivity index (χ0) is 11.7. The maximum Gasteiger partial charge on any atom is 0.0237 e. The number of alkyl halides is 1. The molecular weight excluding hydrogens is 274 g/mol. The predicted molar refractivity (Wildman–Crippen MR) is 75.7 cm³/mol. The summed E-state index contributed by atoms with van der Waals surface area (Å²) >= 11 is 3.64. The lowest BCUT2D eigenvalue weighted by atomic mass is 10.1. The van der Waals surface area contributed by atoms with E-state index in [9.17, 15) is 0 Å². The van der Waals surface area contributed by atoms with Gasteiger partial charge in [0.2, 0.25) is 0 Å². The fraction of sp³-hybridized carbons (Fsp3) is 0.600. The van der Waals surface area contributed by atoms with Crippen LogP contribution >= 0.6 is 15.9 Å². The Morgan fingerprint density at radius 1 is 1.18 bits per heavy atom. The van der Waals surface area contributed by atoms with Gasteiger partial charge in [-0.3, -0.25) is 4.90 Å². The van der Waals surface area contributed by atoms with Crippen molar-refractivity contribution in [1.82, 2.24) is 4.90 Å². The minimum atomic E-state index is 0.753. The molecule has 0 amide bonds. The molecule has 1 heterocycles. The van der Waals surface area contributed by atoms with Crippen molar-refractivity contribution in [2.75, 3.05) is 11.9 Å². The fourth-order valence-electron chi connectivity index (χ4n) is 3.24. The van der Waals surface area contributed by atoms with E-state index in [1.54, 1.807) is 11.1 Å². The molecule has 1 atom stereocenters. The molecule has 1 unspecified atom stereocenters. The van der Waals surface area contributed by atoms with E-state index in [0.29, 0.717) is 0 Å². The van der Waals surface area contributed by atoms with Crippen molar-refractivity contribution in [2.45, 2.75) is 44.7 Å². The van der Waals surface area contributed by atoms with Gasteiger partial charge in [0.05, 0.1) is 0 Å². The van der Waals surface area contributed by atoms with E-state index >= 15 is 0 Å². The maximum atomic E-state index is 3.64. The number of benzene rings is 1. The monoisotopic (exact) mass is 293 g/mol. The van der Waals surface area contributed by atoms with Crippen molar-refractivity contribution in [1.29, 1.82) is 0 Å². The van der Waals surface area contributed by atoms with Crippen molar-refractivity contribution in [3.05, 3.63) is 34.9 Å². The second-order valence-electron chi connectivity index (χ2n) is 5.38. The molecule has 1 fully saturated rings. The van der Waals surface area contributed by atoms with Gasteiger partial charge in [0.25, 0.3) is 0 Å². The van der Waals surface area contributed by atoms with Crippen molar-refractivity contribution in [3.63, 3.8) is 0 Å². The quantitative estimate of drug-likeness (QED) is 0.771. The molecule has 2 heteroatoms. The zero-order valence-electron chi connectivity index (χ0n) is 10.3. The fourth-order valence-corrected chi connectivity index (χ4v) is 3.97. The molecule has 0 aromatic heterocycles. The Bertz CT molecular complexity index is 402. The average molecular weight is 294 g/mol. The van der Waals surface area contributed by atoms with Crippen LogP contribution in [0.3, 0.4) is 0 Å². The van der Waals surface area contributed by atoms with Crippen LogP contribution in [0.2, 0.25) is 0 Å². The molecule has 0 saturated carbocycles. The highest BCUT2D eigenvalue weighted by Gasteiger charge is 2.23. The molecule has 1 aliphatic heterocycles. The highest BCUT2D eigenvalue weighted by atomic mass is 79.9. The Hall–Kier alpha value is -0.340. The van der Waals surface area contributed by atoms with E-state index in [1.807, 2.05) is 0 Å². The van der Waals surface area contributed by atoms with Gasteiger partial charge in [-0.15, -0.1) is 0 Å². The summed E-state index contributed by atoms with van der Waals surface area (Å²) in [6, 6.07) is 7.90. The van der Waals surface area contributed by atoms with E-state index < -0.39 is 0 Å². The van der Waals surface area contributed by atoms with Gasteiger partial charge < -0.3 is 0 Å². The van der Waals surface area contributed by atoms with E-state index in [-0.39, 0.29) is 0 Å². The van der Waals surface area contributed by atoms with Crippen molar-refractivity contribution in [2.24, 2.45) is 0 Å². The summed E-state index contributed by atoms with van der Waals surface area (Å²) in [7, 11) is 0. The first-order chi connectivity index (χ1) is 8.36. The molecule has 17 heavy (non-hydrogen) atoms. The average Bonchev–Trinajstić information content (AvgIpc) is 2.96. The highest BCUT2D eigenvalue weighted by Crippen LogP contribution is 2.26. The molecule has 1 nitrogen and oxygen atoms in total. The van der Waals surface area contributed by atoms with Gasteiger partial charge in [-0.1, -0.05) is 34.1 Å². The van der Waals surface area contributed by atoms with Crippen LogP contribution in [0.1, 0.15) is 36.0 Å². The summed E-state index contributed by atoms with van der Waals surface area (Å²) in [4.78, 5) is 2.63. The first-order valence-electron chi connectivity index (χ1n) is 6.77. The molecule has 2 aliphatic rings. The molecule has 1 aliphatic carbocycles. The summed E-state index contributed by atoms with van der Waals surface area (Å²) in [5.74, 6) is 0. The highest BCUT2D eigenvalue weighted by molar-refractivity contribution is 9.09. The topological polar surface area (TPSA) is 3.24 Å². The lowest BCUT2D eigenvalue weighted by Gasteiger charge is -2.23. The van der Waals surface area contributed by atoms with Crippen LogP contribution in [0.15, 0.2) is 18.2 Å². The minimum Gasteiger partial charge on any atom is -0.295 e. The van der Waals surface area contributed by atoms with Crippen LogP contribution in [0.4, 0.5) is 0 Å². The van der Waals surface area contributed by atoms with Crippen LogP contribution in [-0.2, 0) is 19.4 Å². The smallest absolute Gasteiger partial charge is 0.0237 e. The number of halogens is 1. The number of rotatable bonds is 3. The van der Waals surface area contributed by atoms with Gasteiger partial charge in [0.15, 0.2) is 0 Å². The third kappa shape index (κ3) is 2.43. The van der Waals surface area contributed by atoms with Gasteiger partial charge in [-0.05, 0) is 55.3 Å². The van der Waals surface area contributed by atoms with Crippen molar-refractivity contribution in [3.8, 4) is 0 Å². The van der Waals surface area contributed by atoms with E-state index in [1.165, 1.54) is 44.2 Å². The number of aryl methyl sites for hydroxylation is 2. The molecule has 0 N–H and O–H groups in total. The lowest BCUT2D eigenvalue weighted by molar-refractivity contribution is 0.265. The summed E-state index contributed by atoms with van der Waals surface area (Å²) in [5, 5.41) is 1.12. The standard InChI is InChI=1S/C15H20BrN/c16-10-15-5-2-8-17(15)11-12-6-7-13-3-1-4-14(13)9-12/h6-7,9,15H,1-5,8,10-11H2. The Labute approximate surface area is 112 Å². The Balaban J connectivity index is 1.72. The second kappa shape index (κ2) is 5.11. The molecule has 0 radical (unpaired) electrons. The maximum absolute atomic E-state index is 3.64. The minimum absolute atomic E-state index is 0.753. The van der Waals surface area contributed by atoms with Crippen LogP contribution < -0.4 is 0 Å². The molecule has 0 bridgehead atoms. The van der Waals surface area contributed by atoms with Gasteiger partial charge in [-0.25, -0.2) is 0 Å². The Morgan fingerprint density at radius 2 is 2.06 bits per heavy atom. The van der Waals surface area contributed by atoms with Gasteiger partial charge in [0.1, 0.15) is 0 Å². The number of hydrogen-bond donors (Lipinski definition) is 0. The molecular formula is C15H20BrN. The van der Waals surface area contributed by atoms with Crippen LogP contribution in [-0.4, -0.2) is 22.8 Å². The first kappa shape index (κ1) is 11.7. The van der Waals surface area contributed by atoms with Gasteiger partial charge >= 0.3 is 0 Å². The summed E-state index contributed by atoms with van der Waals surface area (Å²) in [6.07, 6.45) is 6.67. The number of fused-ring (bicyclic) bond motifs is 1. The number of likely N-dealkylation sites (tertiary alicyclic amines) is 1. The predicted octanol–water partition coefficient (Wildman–Crippen LogP) is 3.53. The summed E-state index contributed by atoms with van der Waals surface area (Å²) < 4.78 is 0. The molecule has 1 aromatic carbocycles. The molecule has 1 saturated heterocycles. The van der Waals surface area contributed by atoms with E-state index in [0.717, 1.165) is 17.9 Å². The largest absolute Gasteiger partial charge is 0.295 e.